The molecule has 0 bridgehead atoms. The average Bonchev–Trinajstić information content (AvgIpc) is 3.43. The molecule has 6 aliphatic rings. The lowest BCUT2D eigenvalue weighted by Gasteiger charge is -2.51. The van der Waals surface area contributed by atoms with Gasteiger partial charge in [0.05, 0.1) is 12.2 Å². The Hall–Kier alpha value is -2.04. The lowest BCUT2D eigenvalue weighted by Crippen LogP contribution is -2.44. The fourth-order valence-corrected chi connectivity index (χ4v) is 11.8. The molecule has 4 nitrogen and oxygen atoms in total. The van der Waals surface area contributed by atoms with Crippen molar-refractivity contribution in [2.45, 2.75) is 115 Å². The molecule has 8 rings (SSSR count). The van der Waals surface area contributed by atoms with Crippen LogP contribution in [0.15, 0.2) is 24.3 Å². The van der Waals surface area contributed by atoms with Gasteiger partial charge >= 0.3 is 0 Å². The molecule has 10 atom stereocenters. The minimum Gasteiger partial charge on any atom is -0.507 e. The molecule has 2 aromatic carbocycles. The van der Waals surface area contributed by atoms with Crippen molar-refractivity contribution >= 4 is 0 Å². The number of hydrogen-bond acceptors (Lipinski definition) is 4. The molecule has 0 saturated heterocycles. The van der Waals surface area contributed by atoms with Crippen LogP contribution in [-0.2, 0) is 12.8 Å². The number of aliphatic hydroxyl groups excluding tert-OH is 2. The second-order valence-electron chi connectivity index (χ2n) is 15.2. The highest BCUT2D eigenvalue weighted by Gasteiger charge is 2.56. The van der Waals surface area contributed by atoms with Crippen LogP contribution in [0.25, 0.3) is 11.1 Å². The highest BCUT2D eigenvalue weighted by molar-refractivity contribution is 5.83. The molecule has 0 amide bonds. The number of phenols is 2. The fraction of sp³-hybridized carbons (Fsp3) is 0.667. The van der Waals surface area contributed by atoms with Crippen molar-refractivity contribution in [3.63, 3.8) is 0 Å². The first kappa shape index (κ1) is 25.7. The largest absolute Gasteiger partial charge is 0.507 e. The molecule has 4 N–H and O–H groups in total. The van der Waals surface area contributed by atoms with Crippen molar-refractivity contribution < 1.29 is 20.4 Å². The topological polar surface area (TPSA) is 80.9 Å². The van der Waals surface area contributed by atoms with Gasteiger partial charge in [0.25, 0.3) is 0 Å². The predicted molar refractivity (Wildman–Crippen MR) is 156 cm³/mol. The van der Waals surface area contributed by atoms with E-state index in [4.69, 9.17) is 0 Å². The molecule has 214 valence electrons. The van der Waals surface area contributed by atoms with Crippen LogP contribution in [0.2, 0.25) is 0 Å². The van der Waals surface area contributed by atoms with Gasteiger partial charge in [-0.2, -0.15) is 0 Å². The van der Waals surface area contributed by atoms with Crippen molar-refractivity contribution in [2.75, 3.05) is 0 Å². The highest BCUT2D eigenvalue weighted by Crippen LogP contribution is 2.64. The van der Waals surface area contributed by atoms with Gasteiger partial charge < -0.3 is 20.4 Å². The van der Waals surface area contributed by atoms with Crippen LogP contribution in [0.5, 0.6) is 11.5 Å². The zero-order chi connectivity index (χ0) is 27.6. The minimum absolute atomic E-state index is 0.0527. The van der Waals surface area contributed by atoms with E-state index in [-0.39, 0.29) is 23.0 Å². The number of aromatic hydroxyl groups is 2. The molecule has 40 heavy (non-hydrogen) atoms. The summed E-state index contributed by atoms with van der Waals surface area (Å²) >= 11 is 0. The zero-order valence-electron chi connectivity index (χ0n) is 24.2. The van der Waals surface area contributed by atoms with Gasteiger partial charge in [0, 0.05) is 11.1 Å². The molecule has 4 saturated carbocycles. The summed E-state index contributed by atoms with van der Waals surface area (Å²) in [7, 11) is 0. The van der Waals surface area contributed by atoms with E-state index in [1.54, 1.807) is 0 Å². The van der Waals surface area contributed by atoms with E-state index in [2.05, 4.69) is 26.0 Å². The molecule has 4 fully saturated rings. The molecular weight excluding hydrogens is 496 g/mol. The van der Waals surface area contributed by atoms with E-state index in [0.717, 1.165) is 88.2 Å². The minimum atomic E-state index is -0.169. The number of fused-ring (bicyclic) bond motifs is 10. The summed E-state index contributed by atoms with van der Waals surface area (Å²) in [5, 5.41) is 44.5. The molecule has 0 aliphatic heterocycles. The fourth-order valence-electron chi connectivity index (χ4n) is 11.8. The Morgan fingerprint density at radius 2 is 1.00 bits per heavy atom. The van der Waals surface area contributed by atoms with E-state index >= 15 is 0 Å². The molecule has 2 aromatic rings. The Kier molecular flexibility index (Phi) is 5.60. The average molecular weight is 543 g/mol. The standard InChI is InChI=1S/C36H46O4/c1-35-17-15-21-19-7-11-29(37)33(25(19)5-3-23(21)27(35)9-13-31(35)39)34-26-6-4-24-22(20(26)8-12-30(34)38)16-18-36(2)28(24)10-14-32(36)40/h7-8,11-12,21-24,27-28,31-32,37-40H,3-6,9-10,13-18H2,1-2H3/t21?,22?,23?,24?,27?,28?,31-,32-,35-,36-/m0/s1. The third kappa shape index (κ3) is 3.27. The maximum atomic E-state index is 11.4. The maximum Gasteiger partial charge on any atom is 0.123 e. The maximum absolute atomic E-state index is 11.4. The van der Waals surface area contributed by atoms with Gasteiger partial charge in [-0.15, -0.1) is 0 Å². The lowest BCUT2D eigenvalue weighted by molar-refractivity contribution is -0.0227. The monoisotopic (exact) mass is 542 g/mol. The van der Waals surface area contributed by atoms with E-state index < -0.39 is 0 Å². The van der Waals surface area contributed by atoms with Crippen molar-refractivity contribution in [3.05, 3.63) is 46.5 Å². The number of hydrogen-bond donors (Lipinski definition) is 4. The first-order valence-electron chi connectivity index (χ1n) is 16.3. The van der Waals surface area contributed by atoms with Crippen LogP contribution < -0.4 is 0 Å². The number of aliphatic hydroxyl groups is 2. The van der Waals surface area contributed by atoms with E-state index in [1.165, 1.54) is 22.3 Å². The quantitative estimate of drug-likeness (QED) is 0.307. The molecule has 0 aromatic heterocycles. The predicted octanol–water partition coefficient (Wildman–Crippen LogP) is 7.20. The Morgan fingerprint density at radius 3 is 1.43 bits per heavy atom. The van der Waals surface area contributed by atoms with Gasteiger partial charge in [0.15, 0.2) is 0 Å². The van der Waals surface area contributed by atoms with Crippen LogP contribution >= 0.6 is 0 Å². The Labute approximate surface area is 238 Å². The Balaban J connectivity index is 1.20. The van der Waals surface area contributed by atoms with Crippen molar-refractivity contribution in [1.29, 1.82) is 0 Å². The number of rotatable bonds is 1. The van der Waals surface area contributed by atoms with Gasteiger partial charge in [0.2, 0.25) is 0 Å². The second-order valence-corrected chi connectivity index (χ2v) is 15.2. The van der Waals surface area contributed by atoms with E-state index in [0.29, 0.717) is 47.0 Å². The first-order chi connectivity index (χ1) is 19.2. The summed E-state index contributed by atoms with van der Waals surface area (Å²) in [6.45, 7) is 4.65. The van der Waals surface area contributed by atoms with E-state index in [9.17, 15) is 20.4 Å². The van der Waals surface area contributed by atoms with Crippen molar-refractivity contribution in [3.8, 4) is 22.6 Å². The summed E-state index contributed by atoms with van der Waals surface area (Å²) in [5.41, 5.74) is 7.15. The van der Waals surface area contributed by atoms with Gasteiger partial charge in [0.1, 0.15) is 11.5 Å². The van der Waals surface area contributed by atoms with Gasteiger partial charge in [-0.3, -0.25) is 0 Å². The SMILES string of the molecule is C[C@]12CCC3c4ccc(O)c(-c5c(O)ccc6c5CCC5C6CC[C@@]6(C)C5CC[C@@H]6O)c4CCC3C1CC[C@@H]2O. The molecule has 6 unspecified atom stereocenters. The normalized spacial score (nSPS) is 43.2. The summed E-state index contributed by atoms with van der Waals surface area (Å²) in [4.78, 5) is 0. The summed E-state index contributed by atoms with van der Waals surface area (Å²) in [6, 6.07) is 8.14. The van der Waals surface area contributed by atoms with Crippen LogP contribution in [-0.4, -0.2) is 32.6 Å². The highest BCUT2D eigenvalue weighted by atomic mass is 16.3. The van der Waals surface area contributed by atoms with Crippen LogP contribution in [0, 0.1) is 34.5 Å². The van der Waals surface area contributed by atoms with Crippen LogP contribution in [0.3, 0.4) is 0 Å². The molecular formula is C36H46O4. The first-order valence-corrected chi connectivity index (χ1v) is 16.3. The van der Waals surface area contributed by atoms with Crippen LogP contribution in [0.1, 0.15) is 112 Å². The zero-order valence-corrected chi connectivity index (χ0v) is 24.2. The van der Waals surface area contributed by atoms with Crippen molar-refractivity contribution in [1.82, 2.24) is 0 Å². The smallest absolute Gasteiger partial charge is 0.123 e. The van der Waals surface area contributed by atoms with Gasteiger partial charge in [-0.25, -0.2) is 0 Å². The Bertz CT molecular complexity index is 1260. The summed E-state index contributed by atoms with van der Waals surface area (Å²) < 4.78 is 0. The van der Waals surface area contributed by atoms with Crippen molar-refractivity contribution in [2.24, 2.45) is 34.5 Å². The lowest BCUT2D eigenvalue weighted by atomic mass is 9.54. The van der Waals surface area contributed by atoms with Gasteiger partial charge in [-0.05, 0) is 158 Å². The third-order valence-corrected chi connectivity index (χ3v) is 13.9. The molecule has 6 aliphatic carbocycles. The summed E-state index contributed by atoms with van der Waals surface area (Å²) in [6.07, 6.45) is 12.2. The number of benzene rings is 2. The molecule has 0 spiro atoms. The number of phenolic OH excluding ortho intramolecular Hbond substituents is 2. The van der Waals surface area contributed by atoms with Gasteiger partial charge in [-0.1, -0.05) is 26.0 Å². The molecule has 4 heteroatoms. The second kappa shape index (κ2) is 8.74. The van der Waals surface area contributed by atoms with E-state index in [1.807, 2.05) is 12.1 Å². The third-order valence-electron chi connectivity index (χ3n) is 13.9. The summed E-state index contributed by atoms with van der Waals surface area (Å²) in [5.74, 6) is 3.89. The molecule has 0 radical (unpaired) electrons. The molecule has 0 heterocycles. The van der Waals surface area contributed by atoms with Crippen LogP contribution in [0.4, 0.5) is 0 Å². The Morgan fingerprint density at radius 1 is 0.575 bits per heavy atom.